The zero-order chi connectivity index (χ0) is 70.2. The van der Waals surface area contributed by atoms with Crippen molar-refractivity contribution in [3.63, 3.8) is 0 Å². The van der Waals surface area contributed by atoms with Crippen LogP contribution in [0.4, 0.5) is 0 Å². The summed E-state index contributed by atoms with van der Waals surface area (Å²) in [5, 5.41) is 0.640. The number of hydrogen-bond acceptors (Lipinski definition) is 2. The van der Waals surface area contributed by atoms with E-state index in [0.717, 1.165) is 75.7 Å². The Bertz CT molecular complexity index is 5130. The fourth-order valence-electron chi connectivity index (χ4n) is 13.4. The SMILES string of the molecule is [2H]c1c([2H])c([2H])c(-c2cccc(-c3cc(C(C)(C)C)cc(C(C)(C)C)c3)c2-n2[c](=[Pt])n(-c3[c-]c(Oc4[c-]c5c(cc4)c4c([2H])c([2H])c([2H])c([2H])c4n5-c4cc(C([2H])([2H])[2H])c(-c5c6c(cc7c5C(C)(C)CCC7(C)C)C(C)(C)CCC6(C)C)cn4)ccc3)c3ccccc32)c([2H])c1[2H]. The second-order valence-corrected chi connectivity index (χ2v) is 29.3. The van der Waals surface area contributed by atoms with E-state index in [1.807, 2.05) is 59.2 Å². The molecule has 434 valence electrons. The number of aryl methyl sites for hydroxylation is 1. The number of hydrogen-bond donors (Lipinski definition) is 0. The van der Waals surface area contributed by atoms with Crippen molar-refractivity contribution in [1.29, 1.82) is 0 Å². The third-order valence-electron chi connectivity index (χ3n) is 18.5. The van der Waals surface area contributed by atoms with Crippen LogP contribution in [0.15, 0.2) is 164 Å². The van der Waals surface area contributed by atoms with Gasteiger partial charge in [0.05, 0.1) is 5.48 Å². The first kappa shape index (κ1) is 44.2. The first-order valence-corrected chi connectivity index (χ1v) is 30.8. The molecule has 0 atom stereocenters. The number of benzene rings is 8. The second-order valence-electron chi connectivity index (χ2n) is 28.3. The van der Waals surface area contributed by atoms with Crippen molar-refractivity contribution in [3.05, 3.63) is 219 Å². The fraction of sp³-hybridized carbons (Fsp3) is 0.316. The van der Waals surface area contributed by atoms with Gasteiger partial charge in [-0.05, 0) is 87.6 Å². The zero-order valence-corrected chi connectivity index (χ0v) is 53.5. The van der Waals surface area contributed by atoms with Crippen LogP contribution in [-0.4, -0.2) is 18.7 Å². The molecule has 0 amide bonds. The van der Waals surface area contributed by atoms with Gasteiger partial charge in [0.1, 0.15) is 0 Å². The molecule has 0 radical (unpaired) electrons. The van der Waals surface area contributed by atoms with Gasteiger partial charge in [0.2, 0.25) is 0 Å². The molecule has 0 N–H and O–H groups in total. The van der Waals surface area contributed by atoms with Gasteiger partial charge in [-0.25, -0.2) is 0 Å². The van der Waals surface area contributed by atoms with E-state index in [-0.39, 0.29) is 102 Å². The van der Waals surface area contributed by atoms with E-state index in [1.54, 1.807) is 35.0 Å². The molecule has 6 heteroatoms. The number of imidazole rings is 1. The predicted octanol–water partition coefficient (Wildman–Crippen LogP) is 21.0. The summed E-state index contributed by atoms with van der Waals surface area (Å²) < 4.78 is 123. The number of fused-ring (bicyclic) bond motifs is 6. The summed E-state index contributed by atoms with van der Waals surface area (Å²) >= 11 is 2.29. The average molecular weight is 1310 g/mol. The first-order chi connectivity index (χ1) is 45.2. The summed E-state index contributed by atoms with van der Waals surface area (Å²) in [6.07, 6.45) is 5.42. The summed E-state index contributed by atoms with van der Waals surface area (Å²) in [6, 6.07) is 36.7. The molecule has 3 aromatic heterocycles. The van der Waals surface area contributed by atoms with Crippen molar-refractivity contribution in [2.45, 2.75) is 162 Å². The van der Waals surface area contributed by atoms with Gasteiger partial charge >= 0.3 is 352 Å². The van der Waals surface area contributed by atoms with Crippen molar-refractivity contribution in [2.24, 2.45) is 0 Å². The number of nitrogens with zero attached hydrogens (tertiary/aromatic N) is 4. The minimum absolute atomic E-state index is 0.0643. The molecule has 0 aliphatic heterocycles. The van der Waals surface area contributed by atoms with Crippen LogP contribution < -0.4 is 4.74 Å². The molecule has 2 aliphatic carbocycles. The Labute approximate surface area is 532 Å². The molecule has 0 saturated heterocycles. The van der Waals surface area contributed by atoms with Crippen molar-refractivity contribution in [1.82, 2.24) is 18.7 Å². The number of pyridine rings is 1. The van der Waals surface area contributed by atoms with Crippen molar-refractivity contribution in [2.75, 3.05) is 0 Å². The molecular weight excluding hydrogens is 1220 g/mol. The van der Waals surface area contributed by atoms with E-state index in [0.29, 0.717) is 31.7 Å². The summed E-state index contributed by atoms with van der Waals surface area (Å²) in [4.78, 5) is 5.21. The molecule has 11 aromatic rings. The number of rotatable bonds is 8. The summed E-state index contributed by atoms with van der Waals surface area (Å²) in [5.41, 5.74) is 12.2. The topological polar surface area (TPSA) is 36.9 Å². The molecule has 0 saturated carbocycles. The van der Waals surface area contributed by atoms with Crippen LogP contribution in [0.25, 0.3) is 83.4 Å². The number of aromatic nitrogens is 4. The van der Waals surface area contributed by atoms with Gasteiger partial charge in [0.25, 0.3) is 0 Å². The Kier molecular flexibility index (Phi) is 10.5. The summed E-state index contributed by atoms with van der Waals surface area (Å²) in [5.74, 6) is 0.625. The molecule has 13 rings (SSSR count). The maximum absolute atomic E-state index is 9.51. The molecule has 8 aromatic carbocycles. The summed E-state index contributed by atoms with van der Waals surface area (Å²) in [6.45, 7) is 28.7. The van der Waals surface area contributed by atoms with E-state index in [4.69, 9.17) is 16.6 Å². The van der Waals surface area contributed by atoms with Crippen LogP contribution in [0.5, 0.6) is 11.5 Å². The maximum atomic E-state index is 9.51. The van der Waals surface area contributed by atoms with E-state index in [1.165, 1.54) is 11.1 Å². The van der Waals surface area contributed by atoms with Crippen LogP contribution in [0.1, 0.15) is 178 Å². The Morgan fingerprint density at radius 1 is 0.541 bits per heavy atom. The molecule has 3 heterocycles. The molecule has 85 heavy (non-hydrogen) atoms. The van der Waals surface area contributed by atoms with Crippen LogP contribution >= 0.6 is 0 Å². The van der Waals surface area contributed by atoms with E-state index >= 15 is 0 Å². The first-order valence-electron chi connectivity index (χ1n) is 35.6. The van der Waals surface area contributed by atoms with Gasteiger partial charge in [-0.15, -0.1) is 0 Å². The van der Waals surface area contributed by atoms with E-state index in [2.05, 4.69) is 157 Å². The van der Waals surface area contributed by atoms with Crippen molar-refractivity contribution in [3.8, 4) is 62.1 Å². The van der Waals surface area contributed by atoms with Gasteiger partial charge in [-0.3, -0.25) is 0 Å². The fourth-order valence-corrected chi connectivity index (χ4v) is 14.5. The van der Waals surface area contributed by atoms with Crippen molar-refractivity contribution < 1.29 is 40.5 Å². The third-order valence-corrected chi connectivity index (χ3v) is 19.5. The molecule has 0 fully saturated rings. The van der Waals surface area contributed by atoms with Gasteiger partial charge in [0, 0.05) is 15.9 Å². The molecule has 2 aliphatic rings. The average Bonchev–Trinajstić information content (AvgIpc) is 0.984. The van der Waals surface area contributed by atoms with Crippen LogP contribution in [0, 0.1) is 22.8 Å². The third kappa shape index (κ3) is 9.63. The quantitative estimate of drug-likeness (QED) is 0.142. The Balaban J connectivity index is 1.00. The van der Waals surface area contributed by atoms with Crippen LogP contribution in [-0.2, 0) is 51.8 Å². The second kappa shape index (κ2) is 20.1. The number of ether oxygens (including phenoxy) is 1. The Morgan fingerprint density at radius 3 is 1.75 bits per heavy atom. The Morgan fingerprint density at radius 2 is 1.12 bits per heavy atom. The normalized spacial score (nSPS) is 18.4. The minimum atomic E-state index is -2.67. The monoisotopic (exact) mass is 1310 g/mol. The van der Waals surface area contributed by atoms with Crippen LogP contribution in [0.2, 0.25) is 0 Å². The standard InChI is InChI=1S/C79H80N4O.Pt/c1-50-41-69(80-48-62(50)70-71-63(76(8,9)37-39-78(71,12)13)47-64-72(70)79(14,15)40-38-77(64,10)11)83-65-32-20-19-29-60(65)61-36-35-57(46-68(61)83)84-56-28-23-27-55(45-56)81-49-82(67-34-22-21-33-66(67)81)73-58(51-25-17-16-18-26-51)30-24-31-59(73)52-42-53(74(2,3)4)44-54(43-52)75(5,6)7;/h16-36,41-44,47-48H,37-40H2,1-15H3;/q-2;/i1D3,16D,17D,18D,19D,20D,25D,26D,29D,32D;. The van der Waals surface area contributed by atoms with Gasteiger partial charge in [0.15, 0.2) is 0 Å². The molecular formula is C79H80N4OPt-2. The molecule has 5 nitrogen and oxygen atoms in total. The zero-order valence-electron chi connectivity index (χ0n) is 63.2. The van der Waals surface area contributed by atoms with Gasteiger partial charge in [-0.2, -0.15) is 0 Å². The van der Waals surface area contributed by atoms with Crippen molar-refractivity contribution >= 4 is 32.8 Å². The Hall–Kier alpha value is -7.33. The van der Waals surface area contributed by atoms with E-state index < -0.39 is 37.1 Å². The number of para-hydroxylation sites is 4. The van der Waals surface area contributed by atoms with Gasteiger partial charge in [-0.1, -0.05) is 73.5 Å². The molecule has 0 bridgehead atoms. The molecule has 0 unspecified atom stereocenters. The van der Waals surface area contributed by atoms with Crippen LogP contribution in [0.3, 0.4) is 0 Å². The predicted molar refractivity (Wildman–Crippen MR) is 351 cm³/mol. The van der Waals surface area contributed by atoms with Gasteiger partial charge < -0.3 is 0 Å². The summed E-state index contributed by atoms with van der Waals surface area (Å²) in [7, 11) is 0. The molecule has 0 spiro atoms. The van der Waals surface area contributed by atoms with E-state index in [9.17, 15) is 9.60 Å².